The maximum absolute atomic E-state index is 12.6. The smallest absolute Gasteiger partial charge is 0.169 e. The lowest BCUT2D eigenvalue weighted by Crippen LogP contribution is -2.19. The van der Waals surface area contributed by atoms with Gasteiger partial charge in [-0.2, -0.15) is 0 Å². The van der Waals surface area contributed by atoms with E-state index in [1.807, 2.05) is 48.5 Å². The molecule has 0 heterocycles. The third kappa shape index (κ3) is 2.16. The largest absolute Gasteiger partial charge is 0.388 e. The monoisotopic (exact) mass is 266 g/mol. The van der Waals surface area contributed by atoms with Gasteiger partial charge in [-0.05, 0) is 29.5 Å². The molecule has 0 fully saturated rings. The Labute approximate surface area is 119 Å². The molecule has 0 saturated carbocycles. The van der Waals surface area contributed by atoms with Crippen LogP contribution in [0.25, 0.3) is 0 Å². The average Bonchev–Trinajstić information content (AvgIpc) is 2.84. The van der Waals surface area contributed by atoms with Crippen LogP contribution in [0, 0.1) is 5.92 Å². The van der Waals surface area contributed by atoms with Crippen molar-refractivity contribution in [3.63, 3.8) is 0 Å². The maximum Gasteiger partial charge on any atom is 0.169 e. The minimum absolute atomic E-state index is 0.0383. The van der Waals surface area contributed by atoms with Crippen molar-refractivity contribution in [1.29, 1.82) is 0 Å². The lowest BCUT2D eigenvalue weighted by molar-refractivity contribution is 0.0725. The number of fused-ring (bicyclic) bond motifs is 1. The van der Waals surface area contributed by atoms with E-state index in [0.717, 1.165) is 17.5 Å². The number of Topliss-reactive ketones (excluding diaryl/α,β-unsaturated/α-hetero) is 1. The van der Waals surface area contributed by atoms with Crippen LogP contribution in [-0.4, -0.2) is 10.9 Å². The second kappa shape index (κ2) is 5.22. The van der Waals surface area contributed by atoms with Crippen LogP contribution in [0.1, 0.15) is 40.1 Å². The average molecular weight is 266 g/mol. The summed E-state index contributed by atoms with van der Waals surface area (Å²) < 4.78 is 0. The first-order valence-electron chi connectivity index (χ1n) is 7.09. The normalized spacial score (nSPS) is 20.7. The first-order chi connectivity index (χ1) is 9.70. The third-order valence-corrected chi connectivity index (χ3v) is 4.18. The van der Waals surface area contributed by atoms with Crippen molar-refractivity contribution < 1.29 is 9.90 Å². The Hall–Kier alpha value is -1.93. The Morgan fingerprint density at radius 2 is 1.85 bits per heavy atom. The molecule has 2 aromatic rings. The van der Waals surface area contributed by atoms with Crippen molar-refractivity contribution in [1.82, 2.24) is 0 Å². The predicted octanol–water partition coefficient (Wildman–Crippen LogP) is 3.34. The molecule has 1 aliphatic rings. The molecule has 1 aliphatic carbocycles. The van der Waals surface area contributed by atoms with Crippen LogP contribution < -0.4 is 0 Å². The molecule has 2 aromatic carbocycles. The number of aliphatic hydroxyl groups excluding tert-OH is 1. The van der Waals surface area contributed by atoms with Gasteiger partial charge in [-0.15, -0.1) is 0 Å². The molecule has 2 nitrogen and oxygen atoms in total. The molecule has 0 aliphatic heterocycles. The Kier molecular flexibility index (Phi) is 3.41. The molecule has 2 heteroatoms. The van der Waals surface area contributed by atoms with Crippen LogP contribution in [0.15, 0.2) is 48.5 Å². The second-order valence-electron chi connectivity index (χ2n) is 5.37. The van der Waals surface area contributed by atoms with Gasteiger partial charge < -0.3 is 5.11 Å². The molecule has 1 N–H and O–H groups in total. The van der Waals surface area contributed by atoms with E-state index in [2.05, 4.69) is 6.92 Å². The molecule has 0 spiro atoms. The lowest BCUT2D eigenvalue weighted by Gasteiger charge is -2.14. The number of hydrogen-bond acceptors (Lipinski definition) is 2. The van der Waals surface area contributed by atoms with Crippen molar-refractivity contribution in [3.8, 4) is 0 Å². The van der Waals surface area contributed by atoms with Crippen LogP contribution >= 0.6 is 0 Å². The highest BCUT2D eigenvalue weighted by Gasteiger charge is 2.35. The molecular weight excluding hydrogens is 248 g/mol. The Morgan fingerprint density at radius 1 is 1.15 bits per heavy atom. The van der Waals surface area contributed by atoms with Crippen molar-refractivity contribution in [2.45, 2.75) is 25.9 Å². The molecule has 0 amide bonds. The van der Waals surface area contributed by atoms with Crippen LogP contribution in [0.2, 0.25) is 0 Å². The summed E-state index contributed by atoms with van der Waals surface area (Å²) in [6, 6.07) is 15.5. The summed E-state index contributed by atoms with van der Waals surface area (Å²) in [4.78, 5) is 12.6. The summed E-state index contributed by atoms with van der Waals surface area (Å²) in [5.74, 6) is -0.309. The minimum atomic E-state index is -0.676. The number of ketones is 1. The quantitative estimate of drug-likeness (QED) is 0.865. The lowest BCUT2D eigenvalue weighted by atomic mass is 9.92. The zero-order valence-corrected chi connectivity index (χ0v) is 11.5. The molecule has 0 bridgehead atoms. The predicted molar refractivity (Wildman–Crippen MR) is 78.7 cm³/mol. The van der Waals surface area contributed by atoms with Crippen LogP contribution in [0.4, 0.5) is 0 Å². The number of hydrogen-bond donors (Lipinski definition) is 1. The van der Waals surface area contributed by atoms with Gasteiger partial charge in [0.25, 0.3) is 0 Å². The minimum Gasteiger partial charge on any atom is -0.388 e. The molecule has 3 rings (SSSR count). The molecular formula is C18H18O2. The zero-order chi connectivity index (χ0) is 14.1. The first-order valence-corrected chi connectivity index (χ1v) is 7.09. The number of aliphatic hydroxyl groups is 1. The van der Waals surface area contributed by atoms with E-state index in [-0.39, 0.29) is 11.7 Å². The molecule has 2 atom stereocenters. The number of rotatable bonds is 3. The number of carbonyl (C=O) groups excluding carboxylic acids is 1. The standard InChI is InChI=1S/C18H18O2/c1-2-12-7-9-13(10-8-12)17(19)16-11-14-5-3-4-6-15(14)18(16)20/h3-10,16,18,20H,2,11H2,1H3/t16-,18-/m0/s1. The topological polar surface area (TPSA) is 37.3 Å². The van der Waals surface area contributed by atoms with Gasteiger partial charge in [0.15, 0.2) is 5.78 Å². The summed E-state index contributed by atoms with van der Waals surface area (Å²) in [7, 11) is 0. The Bertz CT molecular complexity index is 628. The Balaban J connectivity index is 1.85. The van der Waals surface area contributed by atoms with Gasteiger partial charge in [0.1, 0.15) is 0 Å². The summed E-state index contributed by atoms with van der Waals surface area (Å²) in [6.45, 7) is 2.09. The van der Waals surface area contributed by atoms with E-state index in [0.29, 0.717) is 12.0 Å². The van der Waals surface area contributed by atoms with E-state index in [9.17, 15) is 9.90 Å². The fraction of sp³-hybridized carbons (Fsp3) is 0.278. The van der Waals surface area contributed by atoms with Crippen molar-refractivity contribution in [2.24, 2.45) is 5.92 Å². The second-order valence-corrected chi connectivity index (χ2v) is 5.37. The summed E-state index contributed by atoms with van der Waals surface area (Å²) >= 11 is 0. The SMILES string of the molecule is CCc1ccc(C(=O)[C@@H]2Cc3ccccc3[C@@H]2O)cc1. The van der Waals surface area contributed by atoms with Gasteiger partial charge in [-0.3, -0.25) is 4.79 Å². The van der Waals surface area contributed by atoms with E-state index >= 15 is 0 Å². The number of carbonyl (C=O) groups is 1. The molecule has 0 unspecified atom stereocenters. The highest BCUT2D eigenvalue weighted by atomic mass is 16.3. The fourth-order valence-electron chi connectivity index (χ4n) is 2.93. The fourth-order valence-corrected chi connectivity index (χ4v) is 2.93. The van der Waals surface area contributed by atoms with Crippen molar-refractivity contribution in [2.75, 3.05) is 0 Å². The van der Waals surface area contributed by atoms with Gasteiger partial charge in [0, 0.05) is 5.56 Å². The number of benzene rings is 2. The van der Waals surface area contributed by atoms with Crippen molar-refractivity contribution in [3.05, 3.63) is 70.8 Å². The van der Waals surface area contributed by atoms with E-state index in [4.69, 9.17) is 0 Å². The van der Waals surface area contributed by atoms with Crippen LogP contribution in [0.5, 0.6) is 0 Å². The van der Waals surface area contributed by atoms with Gasteiger partial charge in [-0.25, -0.2) is 0 Å². The maximum atomic E-state index is 12.6. The van der Waals surface area contributed by atoms with Crippen molar-refractivity contribution >= 4 is 5.78 Å². The molecule has 0 saturated heterocycles. The zero-order valence-electron chi connectivity index (χ0n) is 11.5. The van der Waals surface area contributed by atoms with Crippen LogP contribution in [-0.2, 0) is 12.8 Å². The highest BCUT2D eigenvalue weighted by molar-refractivity contribution is 5.99. The number of aryl methyl sites for hydroxylation is 1. The summed E-state index contributed by atoms with van der Waals surface area (Å²) in [5, 5.41) is 10.4. The van der Waals surface area contributed by atoms with E-state index in [1.165, 1.54) is 5.56 Å². The first kappa shape index (κ1) is 13.1. The van der Waals surface area contributed by atoms with Gasteiger partial charge in [0.2, 0.25) is 0 Å². The van der Waals surface area contributed by atoms with Gasteiger partial charge >= 0.3 is 0 Å². The summed E-state index contributed by atoms with van der Waals surface area (Å²) in [5.41, 5.74) is 3.90. The third-order valence-electron chi connectivity index (χ3n) is 4.18. The van der Waals surface area contributed by atoms with E-state index < -0.39 is 6.10 Å². The summed E-state index contributed by atoms with van der Waals surface area (Å²) in [6.07, 6.45) is 0.919. The van der Waals surface area contributed by atoms with Gasteiger partial charge in [-0.1, -0.05) is 55.5 Å². The highest BCUT2D eigenvalue weighted by Crippen LogP contribution is 2.37. The Morgan fingerprint density at radius 3 is 2.50 bits per heavy atom. The van der Waals surface area contributed by atoms with Crippen LogP contribution in [0.3, 0.4) is 0 Å². The molecule has 0 aromatic heterocycles. The molecule has 0 radical (unpaired) electrons. The molecule has 102 valence electrons. The molecule has 20 heavy (non-hydrogen) atoms. The van der Waals surface area contributed by atoms with E-state index in [1.54, 1.807) is 0 Å². The van der Waals surface area contributed by atoms with Gasteiger partial charge in [0.05, 0.1) is 12.0 Å².